The average Bonchev–Trinajstić information content (AvgIpc) is 2.55. The van der Waals surface area contributed by atoms with E-state index < -0.39 is 60.8 Å². The van der Waals surface area contributed by atoms with Crippen LogP contribution in [0.5, 0.6) is 0 Å². The molecule has 0 saturated carbocycles. The van der Waals surface area contributed by atoms with E-state index in [0.29, 0.717) is 6.42 Å². The van der Waals surface area contributed by atoms with Crippen LogP contribution in [-0.4, -0.2) is 66.8 Å². The summed E-state index contributed by atoms with van der Waals surface area (Å²) in [6, 6.07) is 0. The minimum absolute atomic E-state index is 0.338. The summed E-state index contributed by atoms with van der Waals surface area (Å²) < 4.78 is 28.3. The van der Waals surface area contributed by atoms with Gasteiger partial charge in [0.05, 0.1) is 22.8 Å². The van der Waals surface area contributed by atoms with E-state index in [-0.39, 0.29) is 5.97 Å². The Labute approximate surface area is 218 Å². The molecule has 0 bridgehead atoms. The second-order valence-corrected chi connectivity index (χ2v) is 65.2. The third-order valence-corrected chi connectivity index (χ3v) is 64.9. The minimum Gasteiger partial charge on any atom is -0.455 e. The molecule has 0 radical (unpaired) electrons. The van der Waals surface area contributed by atoms with Crippen LogP contribution in [0.25, 0.3) is 0 Å². The third kappa shape index (κ3) is 8.87. The van der Waals surface area contributed by atoms with Gasteiger partial charge in [0.1, 0.15) is 0 Å². The van der Waals surface area contributed by atoms with Crippen LogP contribution in [-0.2, 0) is 21.9 Å². The molecule has 0 spiro atoms. The van der Waals surface area contributed by atoms with Crippen molar-refractivity contribution < 1.29 is 21.9 Å². The standard InChI is InChI=1S/C22H56O5Si7/c1-18-20-21(23)24-22(19-2)34(25-31(12,13)28(3,4)5,26-32(14,15)29(6,7)8)27-33(16,17)30(9,10)11/h18,20,22H,19H2,1-17H3/b20-18+. The van der Waals surface area contributed by atoms with Gasteiger partial charge in [-0.25, -0.2) is 4.79 Å². The maximum atomic E-state index is 12.8. The maximum Gasteiger partial charge on any atom is 0.512 e. The molecule has 0 aliphatic carbocycles. The Kier molecular flexibility index (Phi) is 11.8. The van der Waals surface area contributed by atoms with Crippen molar-refractivity contribution in [1.82, 2.24) is 0 Å². The van der Waals surface area contributed by atoms with Crippen LogP contribution in [0.3, 0.4) is 0 Å². The lowest BCUT2D eigenvalue weighted by Gasteiger charge is -2.52. The fourth-order valence-electron chi connectivity index (χ4n) is 2.51. The Hall–Kier alpha value is 0.608. The van der Waals surface area contributed by atoms with E-state index >= 15 is 0 Å². The fourth-order valence-corrected chi connectivity index (χ4v) is 30.8. The van der Waals surface area contributed by atoms with Gasteiger partial charge in [-0.1, -0.05) is 71.9 Å². The van der Waals surface area contributed by atoms with Crippen LogP contribution < -0.4 is 0 Å². The monoisotopic (exact) mass is 596 g/mol. The summed E-state index contributed by atoms with van der Waals surface area (Å²) >= 11 is 0. The molecule has 0 fully saturated rings. The van der Waals surface area contributed by atoms with Gasteiger partial charge < -0.3 is 17.1 Å². The molecular formula is C22H56O5Si7. The zero-order valence-corrected chi connectivity index (χ0v) is 32.5. The molecule has 1 unspecified atom stereocenters. The summed E-state index contributed by atoms with van der Waals surface area (Å²) in [5.41, 5.74) is -0.495. The van der Waals surface area contributed by atoms with Gasteiger partial charge in [0.2, 0.25) is 0 Å². The zero-order valence-electron chi connectivity index (χ0n) is 25.5. The van der Waals surface area contributed by atoms with E-state index in [0.717, 1.165) is 0 Å². The molecule has 1 atom stereocenters. The van der Waals surface area contributed by atoms with Crippen molar-refractivity contribution in [3.05, 3.63) is 12.2 Å². The summed E-state index contributed by atoms with van der Waals surface area (Å²) in [5, 5.41) is 0. The Balaban J connectivity index is 7.22. The van der Waals surface area contributed by atoms with Gasteiger partial charge in [-0.15, -0.1) is 0 Å². The molecule has 12 heteroatoms. The van der Waals surface area contributed by atoms with Crippen LogP contribution in [0, 0.1) is 0 Å². The van der Waals surface area contributed by atoms with Crippen molar-refractivity contribution in [1.29, 1.82) is 0 Å². The highest BCUT2D eigenvalue weighted by atomic mass is 29.3. The van der Waals surface area contributed by atoms with Gasteiger partial charge in [0.15, 0.2) is 29.2 Å². The predicted octanol–water partition coefficient (Wildman–Crippen LogP) is 7.28. The molecule has 0 aliphatic heterocycles. The normalized spacial score (nSPS) is 16.1. The molecule has 0 aromatic rings. The second kappa shape index (κ2) is 11.6. The zero-order chi connectivity index (χ0) is 27.6. The van der Waals surface area contributed by atoms with Crippen molar-refractivity contribution in [3.63, 3.8) is 0 Å². The molecule has 0 aliphatic rings. The Morgan fingerprint density at radius 1 is 0.647 bits per heavy atom. The first-order chi connectivity index (χ1) is 14.8. The van der Waals surface area contributed by atoms with E-state index in [1.165, 1.54) is 6.08 Å². The van der Waals surface area contributed by atoms with Crippen molar-refractivity contribution in [2.24, 2.45) is 0 Å². The average molecular weight is 597 g/mol. The molecule has 0 aromatic heterocycles. The topological polar surface area (TPSA) is 54.0 Å². The lowest BCUT2D eigenvalue weighted by Crippen LogP contribution is -2.76. The molecule has 34 heavy (non-hydrogen) atoms. The molecular weight excluding hydrogens is 541 g/mol. The molecule has 202 valence electrons. The number of hydrogen-bond donors (Lipinski definition) is 0. The second-order valence-electron chi connectivity index (χ2n) is 14.0. The SMILES string of the molecule is C/C=C/C(=O)OC(CC)[Si](O[Si](C)(C)[Si](C)(C)C)(O[Si](C)(C)[Si](C)(C)C)O[Si](C)(C)[Si](C)(C)C. The summed E-state index contributed by atoms with van der Waals surface area (Å²) in [6.07, 6.45) is 3.84. The maximum absolute atomic E-state index is 12.8. The van der Waals surface area contributed by atoms with Crippen LogP contribution in [0.1, 0.15) is 20.3 Å². The van der Waals surface area contributed by atoms with Gasteiger partial charge in [-0.3, -0.25) is 0 Å². The van der Waals surface area contributed by atoms with E-state index in [2.05, 4.69) is 105 Å². The van der Waals surface area contributed by atoms with Crippen LogP contribution >= 0.6 is 0 Å². The molecule has 0 saturated heterocycles. The molecule has 5 nitrogen and oxygen atoms in total. The van der Waals surface area contributed by atoms with Gasteiger partial charge >= 0.3 is 14.8 Å². The summed E-state index contributed by atoms with van der Waals surface area (Å²) in [7, 11) is -15.0. The van der Waals surface area contributed by atoms with E-state index in [4.69, 9.17) is 17.1 Å². The molecule has 0 heterocycles. The Morgan fingerprint density at radius 3 is 1.15 bits per heavy atom. The Morgan fingerprint density at radius 2 is 0.941 bits per heavy atom. The number of rotatable bonds is 13. The minimum atomic E-state index is -3.44. The highest BCUT2D eigenvalue weighted by Crippen LogP contribution is 2.37. The van der Waals surface area contributed by atoms with E-state index in [1.54, 1.807) is 6.08 Å². The van der Waals surface area contributed by atoms with Crippen LogP contribution in [0.15, 0.2) is 12.2 Å². The predicted molar refractivity (Wildman–Crippen MR) is 166 cm³/mol. The number of esters is 1. The molecule has 0 aromatic carbocycles. The Bertz CT molecular complexity index is 647. The number of carbonyl (C=O) groups is 1. The van der Waals surface area contributed by atoms with Crippen molar-refractivity contribution >= 4 is 61.1 Å². The van der Waals surface area contributed by atoms with Crippen LogP contribution in [0.2, 0.25) is 98.2 Å². The lowest BCUT2D eigenvalue weighted by molar-refractivity contribution is -0.141. The number of ether oxygens (including phenoxy) is 1. The molecule has 0 rings (SSSR count). The largest absolute Gasteiger partial charge is 0.512 e. The first kappa shape index (κ1) is 34.6. The van der Waals surface area contributed by atoms with Crippen molar-refractivity contribution in [2.75, 3.05) is 0 Å². The fraction of sp³-hybridized carbons (Fsp3) is 0.864. The first-order valence-corrected chi connectivity index (χ1v) is 36.7. The number of hydrogen-bond acceptors (Lipinski definition) is 5. The highest BCUT2D eigenvalue weighted by molar-refractivity contribution is 7.42. The number of allylic oxidation sites excluding steroid dienone is 1. The smallest absolute Gasteiger partial charge is 0.455 e. The third-order valence-electron chi connectivity index (χ3n) is 7.94. The van der Waals surface area contributed by atoms with E-state index in [9.17, 15) is 4.79 Å². The molecule has 0 amide bonds. The summed E-state index contributed by atoms with van der Waals surface area (Å²) in [5.74, 6) is -0.338. The highest BCUT2D eigenvalue weighted by Gasteiger charge is 2.63. The molecule has 0 N–H and O–H groups in total. The lowest BCUT2D eigenvalue weighted by atomic mass is 10.5. The van der Waals surface area contributed by atoms with E-state index in [1.807, 2.05) is 6.92 Å². The summed E-state index contributed by atoms with van der Waals surface area (Å²) in [6.45, 7) is 39.3. The van der Waals surface area contributed by atoms with Gasteiger partial charge in [0.25, 0.3) is 0 Å². The quantitative estimate of drug-likeness (QED) is 0.127. The van der Waals surface area contributed by atoms with Gasteiger partial charge in [-0.05, 0) is 52.6 Å². The first-order valence-electron chi connectivity index (χ1n) is 12.7. The van der Waals surface area contributed by atoms with Crippen molar-refractivity contribution in [2.45, 2.75) is 124 Å². The van der Waals surface area contributed by atoms with Gasteiger partial charge in [-0.2, -0.15) is 0 Å². The van der Waals surface area contributed by atoms with Crippen LogP contribution in [0.4, 0.5) is 0 Å². The summed E-state index contributed by atoms with van der Waals surface area (Å²) in [4.78, 5) is 12.8. The number of carbonyl (C=O) groups excluding carboxylic acids is 1. The van der Waals surface area contributed by atoms with Crippen molar-refractivity contribution in [3.8, 4) is 0 Å². The van der Waals surface area contributed by atoms with Gasteiger partial charge in [0, 0.05) is 6.08 Å².